The van der Waals surface area contributed by atoms with Crippen molar-refractivity contribution in [3.8, 4) is 11.3 Å². The molecular formula is C17H20N4O2. The zero-order valence-corrected chi connectivity index (χ0v) is 13.0. The Kier molecular flexibility index (Phi) is 4.14. The molecule has 0 unspecified atom stereocenters. The van der Waals surface area contributed by atoms with Gasteiger partial charge in [0, 0.05) is 11.6 Å². The van der Waals surface area contributed by atoms with E-state index in [1.807, 2.05) is 31.2 Å². The number of rotatable bonds is 3. The molecule has 0 radical (unpaired) electrons. The summed E-state index contributed by atoms with van der Waals surface area (Å²) in [4.78, 5) is 16.7. The van der Waals surface area contributed by atoms with Crippen molar-refractivity contribution in [2.24, 2.45) is 0 Å². The molecule has 0 aliphatic heterocycles. The Balaban J connectivity index is 1.96. The number of carbonyl (C=O) groups is 1. The summed E-state index contributed by atoms with van der Waals surface area (Å²) >= 11 is 0. The Morgan fingerprint density at radius 3 is 2.83 bits per heavy atom. The normalized spacial score (nSPS) is 14.8. The Bertz CT molecular complexity index is 791. The second kappa shape index (κ2) is 6.24. The predicted molar refractivity (Wildman–Crippen MR) is 85.2 cm³/mol. The number of hydrogen-bond acceptors (Lipinski definition) is 4. The van der Waals surface area contributed by atoms with E-state index in [4.69, 9.17) is 5.41 Å². The summed E-state index contributed by atoms with van der Waals surface area (Å²) in [6.07, 6.45) is 5.47. The summed E-state index contributed by atoms with van der Waals surface area (Å²) in [5.74, 6) is -0.404. The van der Waals surface area contributed by atoms with Gasteiger partial charge in [-0.3, -0.25) is 10.2 Å². The molecule has 0 saturated heterocycles. The van der Waals surface area contributed by atoms with Gasteiger partial charge in [-0.25, -0.2) is 4.98 Å². The summed E-state index contributed by atoms with van der Waals surface area (Å²) < 4.78 is 0.647. The first-order chi connectivity index (χ1) is 11.0. The molecule has 0 atom stereocenters. The molecule has 23 heavy (non-hydrogen) atoms. The van der Waals surface area contributed by atoms with Gasteiger partial charge in [-0.2, -0.15) is 4.73 Å². The number of hydrogen-bond donors (Lipinski definition) is 3. The third-order valence-electron chi connectivity index (χ3n) is 4.15. The van der Waals surface area contributed by atoms with Gasteiger partial charge in [0.25, 0.3) is 5.91 Å². The smallest absolute Gasteiger partial charge is 0.274 e. The van der Waals surface area contributed by atoms with Crippen LogP contribution in [0.4, 0.5) is 0 Å². The molecule has 3 N–H and O–H groups in total. The first-order valence-corrected chi connectivity index (χ1v) is 7.80. The third kappa shape index (κ3) is 3.26. The number of nitrogens with zero attached hydrogens (tertiary/aromatic N) is 2. The van der Waals surface area contributed by atoms with Gasteiger partial charge in [0.05, 0.1) is 11.9 Å². The lowest BCUT2D eigenvalue weighted by Crippen LogP contribution is -2.38. The van der Waals surface area contributed by atoms with E-state index < -0.39 is 5.91 Å². The molecule has 6 heteroatoms. The maximum Gasteiger partial charge on any atom is 0.274 e. The Morgan fingerprint density at radius 2 is 2.13 bits per heavy atom. The summed E-state index contributed by atoms with van der Waals surface area (Å²) in [6, 6.07) is 7.77. The van der Waals surface area contributed by atoms with Crippen LogP contribution in [0.1, 0.15) is 41.7 Å². The average molecular weight is 312 g/mol. The standard InChI is InChI=1S/C17H20N4O2/c1-11-5-4-6-12(9-11)14-10-21(23)16(18)15(20-14)17(22)19-13-7-2-3-8-13/h4-6,9-10,13,18,23H,2-3,7-8H2,1H3,(H,19,22). The molecular weight excluding hydrogens is 292 g/mol. The Morgan fingerprint density at radius 1 is 1.39 bits per heavy atom. The molecule has 6 nitrogen and oxygen atoms in total. The zero-order chi connectivity index (χ0) is 16.4. The lowest BCUT2D eigenvalue weighted by Gasteiger charge is -2.13. The second-order valence-corrected chi connectivity index (χ2v) is 5.99. The van der Waals surface area contributed by atoms with Crippen molar-refractivity contribution in [1.82, 2.24) is 15.0 Å². The number of carbonyl (C=O) groups excluding carboxylic acids is 1. The topological polar surface area (TPSA) is 91.0 Å². The Labute approximate surface area is 134 Å². The second-order valence-electron chi connectivity index (χ2n) is 5.99. The highest BCUT2D eigenvalue weighted by atomic mass is 16.5. The first-order valence-electron chi connectivity index (χ1n) is 7.80. The van der Waals surface area contributed by atoms with Crippen molar-refractivity contribution < 1.29 is 10.0 Å². The summed E-state index contributed by atoms with van der Waals surface area (Å²) in [6.45, 7) is 1.96. The van der Waals surface area contributed by atoms with Gasteiger partial charge in [-0.1, -0.05) is 36.6 Å². The fraction of sp³-hybridized carbons (Fsp3) is 0.353. The number of aromatic nitrogens is 2. The predicted octanol–water partition coefficient (Wildman–Crippen LogP) is 2.25. The number of amides is 1. The van der Waals surface area contributed by atoms with E-state index in [1.54, 1.807) is 0 Å². The fourth-order valence-corrected chi connectivity index (χ4v) is 2.92. The molecule has 3 rings (SSSR count). The molecule has 1 amide bonds. The molecule has 1 aromatic heterocycles. The largest absolute Gasteiger partial charge is 0.427 e. The van der Waals surface area contributed by atoms with Crippen molar-refractivity contribution in [3.63, 3.8) is 0 Å². The van der Waals surface area contributed by atoms with E-state index in [0.29, 0.717) is 10.4 Å². The van der Waals surface area contributed by atoms with Gasteiger partial charge < -0.3 is 10.5 Å². The van der Waals surface area contributed by atoms with Crippen LogP contribution in [0.5, 0.6) is 0 Å². The van der Waals surface area contributed by atoms with Crippen molar-refractivity contribution in [2.45, 2.75) is 38.6 Å². The minimum Gasteiger partial charge on any atom is -0.427 e. The Hall–Kier alpha value is -2.63. The number of nitrogens with one attached hydrogen (secondary N) is 2. The lowest BCUT2D eigenvalue weighted by atomic mass is 10.1. The molecule has 2 aromatic rings. The molecule has 1 saturated carbocycles. The van der Waals surface area contributed by atoms with E-state index in [0.717, 1.165) is 36.8 Å². The molecule has 1 fully saturated rings. The van der Waals surface area contributed by atoms with E-state index in [-0.39, 0.29) is 17.2 Å². The lowest BCUT2D eigenvalue weighted by molar-refractivity contribution is 0.0921. The SMILES string of the molecule is Cc1cccc(-c2cn(O)c(=N)c(C(=O)NC3CCCC3)n2)c1. The van der Waals surface area contributed by atoms with Crippen LogP contribution in [0.2, 0.25) is 0 Å². The van der Waals surface area contributed by atoms with Crippen LogP contribution < -0.4 is 10.8 Å². The fourth-order valence-electron chi connectivity index (χ4n) is 2.92. The zero-order valence-electron chi connectivity index (χ0n) is 13.0. The van der Waals surface area contributed by atoms with Crippen LogP contribution in [0.3, 0.4) is 0 Å². The van der Waals surface area contributed by atoms with Crippen LogP contribution >= 0.6 is 0 Å². The first kappa shape index (κ1) is 15.3. The third-order valence-corrected chi connectivity index (χ3v) is 4.15. The van der Waals surface area contributed by atoms with Gasteiger partial charge in [0.15, 0.2) is 11.2 Å². The minimum atomic E-state index is -0.404. The summed E-state index contributed by atoms with van der Waals surface area (Å²) in [5.41, 5.74) is 1.95. The van der Waals surface area contributed by atoms with Crippen molar-refractivity contribution in [1.29, 1.82) is 5.41 Å². The van der Waals surface area contributed by atoms with Gasteiger partial charge in [0.1, 0.15) is 0 Å². The average Bonchev–Trinajstić information content (AvgIpc) is 3.02. The summed E-state index contributed by atoms with van der Waals surface area (Å²) in [7, 11) is 0. The van der Waals surface area contributed by atoms with Gasteiger partial charge in [-0.15, -0.1) is 0 Å². The monoisotopic (exact) mass is 312 g/mol. The highest BCUT2D eigenvalue weighted by Crippen LogP contribution is 2.19. The maximum atomic E-state index is 12.4. The van der Waals surface area contributed by atoms with Crippen LogP contribution in [-0.4, -0.2) is 26.9 Å². The molecule has 0 bridgehead atoms. The van der Waals surface area contributed by atoms with Crippen molar-refractivity contribution in [2.75, 3.05) is 0 Å². The molecule has 0 spiro atoms. The van der Waals surface area contributed by atoms with Crippen LogP contribution in [0, 0.1) is 12.3 Å². The molecule has 1 heterocycles. The van der Waals surface area contributed by atoms with E-state index >= 15 is 0 Å². The molecule has 120 valence electrons. The van der Waals surface area contributed by atoms with Gasteiger partial charge >= 0.3 is 0 Å². The molecule has 1 aliphatic carbocycles. The summed E-state index contributed by atoms with van der Waals surface area (Å²) in [5, 5.41) is 20.7. The van der Waals surface area contributed by atoms with Crippen LogP contribution in [0.25, 0.3) is 11.3 Å². The van der Waals surface area contributed by atoms with E-state index in [2.05, 4.69) is 10.3 Å². The maximum absolute atomic E-state index is 12.4. The van der Waals surface area contributed by atoms with Gasteiger partial charge in [-0.05, 0) is 25.8 Å². The number of aryl methyl sites for hydroxylation is 1. The van der Waals surface area contributed by atoms with Crippen LogP contribution in [0.15, 0.2) is 30.5 Å². The highest BCUT2D eigenvalue weighted by Gasteiger charge is 2.21. The van der Waals surface area contributed by atoms with Gasteiger partial charge in [0.2, 0.25) is 0 Å². The minimum absolute atomic E-state index is 0.0570. The van der Waals surface area contributed by atoms with E-state index in [1.165, 1.54) is 6.20 Å². The van der Waals surface area contributed by atoms with Crippen molar-refractivity contribution >= 4 is 5.91 Å². The highest BCUT2D eigenvalue weighted by molar-refractivity contribution is 5.92. The van der Waals surface area contributed by atoms with Crippen LogP contribution in [-0.2, 0) is 0 Å². The molecule has 1 aliphatic rings. The number of benzene rings is 1. The molecule has 1 aromatic carbocycles. The quantitative estimate of drug-likeness (QED) is 0.759. The van der Waals surface area contributed by atoms with E-state index in [9.17, 15) is 10.0 Å². The van der Waals surface area contributed by atoms with Crippen molar-refractivity contribution in [3.05, 3.63) is 47.2 Å².